The first-order chi connectivity index (χ1) is 0. The van der Waals surface area contributed by atoms with Crippen LogP contribution in [0.4, 0.5) is 0 Å². The van der Waals surface area contributed by atoms with Crippen molar-refractivity contribution in [2.24, 2.45) is 0 Å². The number of rotatable bonds is 0. The van der Waals surface area contributed by atoms with E-state index < -0.39 is 0 Å². The van der Waals surface area contributed by atoms with Gasteiger partial charge in [0.15, 0.2) is 0 Å². The molecule has 0 N–H and O–H groups in total. The first kappa shape index (κ1) is 42.9. The van der Waals surface area contributed by atoms with Crippen LogP contribution in [-0.2, 0) is 51.8 Å². The Kier molecular flexibility index (Phi) is 237. The van der Waals surface area contributed by atoms with Gasteiger partial charge < -0.3 is 0 Å². The predicted octanol–water partition coefficient (Wildman–Crippen LogP) is -2.38. The van der Waals surface area contributed by atoms with Gasteiger partial charge in [0.1, 0.15) is 0 Å². The van der Waals surface area contributed by atoms with Gasteiger partial charge in [-0.15, -0.1) is 0 Å². The molecule has 0 fully saturated rings. The summed E-state index contributed by atoms with van der Waals surface area (Å²) in [5.41, 5.74) is 0. The Morgan fingerprint density at radius 2 is 1.00 bits per heavy atom. The fourth-order valence-electron chi connectivity index (χ4n) is 0. The summed E-state index contributed by atoms with van der Waals surface area (Å²) in [7, 11) is 0. The Morgan fingerprint density at radius 1 is 1.00 bits per heavy atom. The van der Waals surface area contributed by atoms with E-state index in [1.54, 1.807) is 0 Å². The molecule has 0 heterocycles. The molecule has 0 aliphatic carbocycles. The van der Waals surface area contributed by atoms with Gasteiger partial charge in [-0.05, 0) is 11.0 Å². The maximum absolute atomic E-state index is 0. The summed E-state index contributed by atoms with van der Waals surface area (Å²) >= 11 is 0. The van der Waals surface area contributed by atoms with Gasteiger partial charge in [-0.1, -0.05) is 0 Å². The van der Waals surface area contributed by atoms with E-state index in [0.717, 1.165) is 0 Å². The summed E-state index contributed by atoms with van der Waals surface area (Å²) in [5.74, 6) is 0. The van der Waals surface area contributed by atoms with E-state index in [0.29, 0.717) is 0 Å². The molecule has 0 aromatic carbocycles. The summed E-state index contributed by atoms with van der Waals surface area (Å²) in [6.45, 7) is 0. The van der Waals surface area contributed by atoms with Crippen molar-refractivity contribution < 1.29 is 51.8 Å². The van der Waals surface area contributed by atoms with Gasteiger partial charge >= 0.3 is 37.7 Å². The van der Waals surface area contributed by atoms with Crippen molar-refractivity contribution in [1.82, 2.24) is 0 Å². The second-order valence-corrected chi connectivity index (χ2v) is 0. The third kappa shape index (κ3) is 19.3. The van der Waals surface area contributed by atoms with Gasteiger partial charge in [0.05, 0.1) is 0 Å². The Hall–Kier alpha value is 3.06. The van der Waals surface area contributed by atoms with Crippen molar-refractivity contribution in [3.63, 3.8) is 0 Å². The van der Waals surface area contributed by atoms with E-state index >= 15 is 0 Å². The topological polar surface area (TPSA) is 0 Å². The van der Waals surface area contributed by atoms with Crippen LogP contribution in [0.5, 0.6) is 0 Å². The van der Waals surface area contributed by atoms with Gasteiger partial charge in [0.2, 0.25) is 0 Å². The van der Waals surface area contributed by atoms with Crippen LogP contribution in [0, 0.1) is 0 Å². The monoisotopic (exact) mass is 242 g/mol. The first-order valence-corrected chi connectivity index (χ1v) is 0. The van der Waals surface area contributed by atoms with Crippen LogP contribution in [0.1, 0.15) is 0 Å². The molecular formula is H6CaCoNiSiV. The molecule has 0 unspecified atom stereocenters. The predicted molar refractivity (Wildman–Crippen MR) is 19.9 cm³/mol. The first-order valence-electron chi connectivity index (χ1n) is 0. The molecule has 0 aromatic rings. The van der Waals surface area contributed by atoms with Crippen LogP contribution in [0.25, 0.3) is 0 Å². The summed E-state index contributed by atoms with van der Waals surface area (Å²) in [4.78, 5) is 0. The van der Waals surface area contributed by atoms with Crippen LogP contribution in [0.2, 0.25) is 0 Å². The quantitative estimate of drug-likeness (QED) is 0.417. The molecule has 0 saturated carbocycles. The van der Waals surface area contributed by atoms with Gasteiger partial charge in [0, 0.05) is 51.8 Å². The molecule has 0 atom stereocenters. The molecule has 0 rings (SSSR count). The molecule has 0 spiro atoms. The molecular weight excluding hydrogens is 237 g/mol. The standard InChI is InChI=1S/Ca.Co.Ni.H4Si.V.2H/h;;;1H4;;;. The van der Waals surface area contributed by atoms with Crippen molar-refractivity contribution >= 4 is 48.7 Å². The largest absolute Gasteiger partial charge is 0.0149 e. The Balaban J connectivity index is 0. The molecule has 0 saturated heterocycles. The SMILES string of the molecule is [CaH2].[Co].[Ni].[SiH4].[V]. The molecule has 0 aliphatic rings. The van der Waals surface area contributed by atoms with Crippen LogP contribution >= 0.6 is 0 Å². The van der Waals surface area contributed by atoms with E-state index in [-0.39, 0.29) is 101 Å². The van der Waals surface area contributed by atoms with Crippen LogP contribution < -0.4 is 0 Å². The van der Waals surface area contributed by atoms with E-state index in [4.69, 9.17) is 0 Å². The number of hydrogen-bond donors (Lipinski definition) is 0. The minimum atomic E-state index is 0. The summed E-state index contributed by atoms with van der Waals surface area (Å²) < 4.78 is 0. The zero-order chi connectivity index (χ0) is 0. The van der Waals surface area contributed by atoms with Gasteiger partial charge in [0.25, 0.3) is 0 Å². The second-order valence-electron chi connectivity index (χ2n) is 0. The Labute approximate surface area is 98.6 Å². The van der Waals surface area contributed by atoms with E-state index in [1.165, 1.54) is 0 Å². The van der Waals surface area contributed by atoms with Crippen molar-refractivity contribution in [3.8, 4) is 0 Å². The Morgan fingerprint density at radius 3 is 1.00 bits per heavy atom. The van der Waals surface area contributed by atoms with Crippen LogP contribution in [-0.4, -0.2) is 48.7 Å². The molecule has 0 aromatic heterocycles. The molecule has 5 heavy (non-hydrogen) atoms. The van der Waals surface area contributed by atoms with Crippen LogP contribution in [0.3, 0.4) is 0 Å². The maximum Gasteiger partial charge on any atom is 0 e. The van der Waals surface area contributed by atoms with Crippen molar-refractivity contribution in [2.75, 3.05) is 0 Å². The molecule has 0 nitrogen and oxygen atoms in total. The second kappa shape index (κ2) is 27.7. The van der Waals surface area contributed by atoms with Crippen LogP contribution in [0.15, 0.2) is 0 Å². The summed E-state index contributed by atoms with van der Waals surface area (Å²) in [5, 5.41) is 0. The Bertz CT molecular complexity index is 11.6. The van der Waals surface area contributed by atoms with Crippen molar-refractivity contribution in [2.45, 2.75) is 0 Å². The zero-order valence-corrected chi connectivity index (χ0v) is 4.52. The fraction of sp³-hybridized carbons (Fsp3) is 0. The van der Waals surface area contributed by atoms with Gasteiger partial charge in [-0.3, -0.25) is 0 Å². The third-order valence-electron chi connectivity index (χ3n) is 0. The average Bonchev–Trinajstić information content (AvgIpc) is 0. The van der Waals surface area contributed by atoms with Gasteiger partial charge in [-0.2, -0.15) is 0 Å². The molecule has 5 heteroatoms. The van der Waals surface area contributed by atoms with E-state index in [2.05, 4.69) is 0 Å². The van der Waals surface area contributed by atoms with Crippen molar-refractivity contribution in [3.05, 3.63) is 0 Å². The fourth-order valence-corrected chi connectivity index (χ4v) is 0. The normalized spacial score (nSPS) is 0. The molecule has 0 aliphatic heterocycles. The molecule has 2 radical (unpaired) electrons. The maximum atomic E-state index is 0. The third-order valence-corrected chi connectivity index (χ3v) is 0. The summed E-state index contributed by atoms with van der Waals surface area (Å²) in [6.07, 6.45) is 0. The van der Waals surface area contributed by atoms with Gasteiger partial charge in [-0.25, -0.2) is 0 Å². The van der Waals surface area contributed by atoms with E-state index in [1.807, 2.05) is 0 Å². The zero-order valence-electron chi connectivity index (χ0n) is 1.10. The van der Waals surface area contributed by atoms with E-state index in [9.17, 15) is 0 Å². The number of hydrogen-bond acceptors (Lipinski definition) is 0. The van der Waals surface area contributed by atoms with Crippen molar-refractivity contribution in [1.29, 1.82) is 0 Å². The summed E-state index contributed by atoms with van der Waals surface area (Å²) in [6, 6.07) is 0. The minimum Gasteiger partial charge on any atom is -0.0149 e. The minimum absolute atomic E-state index is 0. The average molecular weight is 243 g/mol. The molecule has 36 valence electrons. The molecule has 0 amide bonds. The smallest absolute Gasteiger partial charge is 0 e. The molecule has 0 bridgehead atoms.